The first-order chi connectivity index (χ1) is 6.31. The molecule has 0 fully saturated rings. The van der Waals surface area contributed by atoms with Crippen LogP contribution < -0.4 is 0 Å². The van der Waals surface area contributed by atoms with Gasteiger partial charge < -0.3 is 9.47 Å². The van der Waals surface area contributed by atoms with Crippen molar-refractivity contribution in [3.8, 4) is 0 Å². The van der Waals surface area contributed by atoms with Gasteiger partial charge in [0.1, 0.15) is 6.61 Å². The molecule has 0 spiro atoms. The number of unbranched alkanes of at least 4 members (excludes halogenated alkanes) is 2. The molecule has 3 nitrogen and oxygen atoms in total. The van der Waals surface area contributed by atoms with Gasteiger partial charge in [-0.2, -0.15) is 0 Å². The van der Waals surface area contributed by atoms with Crippen molar-refractivity contribution in [3.63, 3.8) is 0 Å². The Balaban J connectivity index is 2.99. The zero-order valence-electron chi connectivity index (χ0n) is 8.25. The molecule has 0 radical (unpaired) electrons. The topological polar surface area (TPSA) is 35.5 Å². The minimum Gasteiger partial charge on any atom is -0.460 e. The van der Waals surface area contributed by atoms with Gasteiger partial charge in [0.2, 0.25) is 0 Å². The van der Waals surface area contributed by atoms with E-state index in [1.807, 2.05) is 0 Å². The maximum absolute atomic E-state index is 10.6. The predicted octanol–water partition coefficient (Wildman–Crippen LogP) is 1.92. The SMILES string of the molecule is C=CC(=O)OCCOCCCCC. The second-order valence-corrected chi connectivity index (χ2v) is 2.69. The molecule has 0 rings (SSSR count). The number of rotatable bonds is 8. The first-order valence-corrected chi connectivity index (χ1v) is 4.68. The second-order valence-electron chi connectivity index (χ2n) is 2.69. The van der Waals surface area contributed by atoms with Crippen LogP contribution in [0.3, 0.4) is 0 Å². The van der Waals surface area contributed by atoms with Crippen LogP contribution in [0.4, 0.5) is 0 Å². The molecule has 3 heteroatoms. The third-order valence-corrected chi connectivity index (χ3v) is 1.53. The first kappa shape index (κ1) is 12.2. The lowest BCUT2D eigenvalue weighted by Crippen LogP contribution is -2.08. The molecule has 0 aromatic carbocycles. The Hall–Kier alpha value is -0.830. The molecular formula is C10H18O3. The highest BCUT2D eigenvalue weighted by Gasteiger charge is 1.94. The summed E-state index contributed by atoms with van der Waals surface area (Å²) >= 11 is 0. The van der Waals surface area contributed by atoms with Crippen molar-refractivity contribution in [2.75, 3.05) is 19.8 Å². The summed E-state index contributed by atoms with van der Waals surface area (Å²) in [4.78, 5) is 10.6. The van der Waals surface area contributed by atoms with Gasteiger partial charge in [0.05, 0.1) is 6.61 Å². The zero-order chi connectivity index (χ0) is 9.94. The van der Waals surface area contributed by atoms with Crippen molar-refractivity contribution < 1.29 is 14.3 Å². The molecule has 0 saturated heterocycles. The molecule has 0 aliphatic heterocycles. The molecule has 0 unspecified atom stereocenters. The van der Waals surface area contributed by atoms with Gasteiger partial charge in [-0.3, -0.25) is 0 Å². The van der Waals surface area contributed by atoms with Gasteiger partial charge in [0.25, 0.3) is 0 Å². The average molecular weight is 186 g/mol. The molecule has 13 heavy (non-hydrogen) atoms. The summed E-state index contributed by atoms with van der Waals surface area (Å²) in [6.07, 6.45) is 4.60. The van der Waals surface area contributed by atoms with Crippen LogP contribution in [0.5, 0.6) is 0 Å². The Morgan fingerprint density at radius 1 is 1.31 bits per heavy atom. The van der Waals surface area contributed by atoms with E-state index in [0.29, 0.717) is 13.2 Å². The zero-order valence-corrected chi connectivity index (χ0v) is 8.25. The summed E-state index contributed by atoms with van der Waals surface area (Å²) in [6.45, 7) is 6.97. The fourth-order valence-electron chi connectivity index (χ4n) is 0.816. The summed E-state index contributed by atoms with van der Waals surface area (Å²) in [5.74, 6) is -0.392. The number of ether oxygens (including phenoxy) is 2. The van der Waals surface area contributed by atoms with E-state index in [1.165, 1.54) is 12.8 Å². The molecule has 0 aromatic heterocycles. The summed E-state index contributed by atoms with van der Waals surface area (Å²) in [6, 6.07) is 0. The van der Waals surface area contributed by atoms with Gasteiger partial charge in [-0.25, -0.2) is 4.79 Å². The Bertz CT molecular complexity index is 143. The first-order valence-electron chi connectivity index (χ1n) is 4.68. The van der Waals surface area contributed by atoms with Gasteiger partial charge in [-0.05, 0) is 6.42 Å². The number of hydrogen-bond acceptors (Lipinski definition) is 3. The molecule has 0 aliphatic rings. The maximum atomic E-state index is 10.6. The third kappa shape index (κ3) is 9.08. The van der Waals surface area contributed by atoms with E-state index in [-0.39, 0.29) is 0 Å². The van der Waals surface area contributed by atoms with E-state index in [2.05, 4.69) is 13.5 Å². The Labute approximate surface area is 79.7 Å². The summed E-state index contributed by atoms with van der Waals surface area (Å²) in [5, 5.41) is 0. The maximum Gasteiger partial charge on any atom is 0.330 e. The number of carbonyl (C=O) groups excluding carboxylic acids is 1. The summed E-state index contributed by atoms with van der Waals surface area (Å²) in [7, 11) is 0. The number of carbonyl (C=O) groups is 1. The molecule has 0 amide bonds. The molecule has 0 N–H and O–H groups in total. The van der Waals surface area contributed by atoms with Crippen molar-refractivity contribution >= 4 is 5.97 Å². The van der Waals surface area contributed by atoms with E-state index in [1.54, 1.807) is 0 Å². The lowest BCUT2D eigenvalue weighted by Gasteiger charge is -2.03. The standard InChI is InChI=1S/C10H18O3/c1-3-5-6-7-12-8-9-13-10(11)4-2/h4H,2-3,5-9H2,1H3. The second kappa shape index (κ2) is 9.26. The highest BCUT2D eigenvalue weighted by atomic mass is 16.6. The fourth-order valence-corrected chi connectivity index (χ4v) is 0.816. The van der Waals surface area contributed by atoms with Crippen molar-refractivity contribution in [1.29, 1.82) is 0 Å². The van der Waals surface area contributed by atoms with Crippen LogP contribution in [0.25, 0.3) is 0 Å². The van der Waals surface area contributed by atoms with E-state index in [0.717, 1.165) is 19.1 Å². The van der Waals surface area contributed by atoms with Crippen molar-refractivity contribution in [3.05, 3.63) is 12.7 Å². The van der Waals surface area contributed by atoms with E-state index in [4.69, 9.17) is 9.47 Å². The van der Waals surface area contributed by atoms with Crippen LogP contribution in [-0.2, 0) is 14.3 Å². The lowest BCUT2D eigenvalue weighted by molar-refractivity contribution is -0.139. The molecule has 0 aromatic rings. The monoisotopic (exact) mass is 186 g/mol. The lowest BCUT2D eigenvalue weighted by atomic mass is 10.3. The molecule has 76 valence electrons. The van der Waals surface area contributed by atoms with Crippen LogP contribution in [0.15, 0.2) is 12.7 Å². The van der Waals surface area contributed by atoms with E-state index in [9.17, 15) is 4.79 Å². The molecule has 0 aliphatic carbocycles. The number of esters is 1. The van der Waals surface area contributed by atoms with Gasteiger partial charge >= 0.3 is 5.97 Å². The van der Waals surface area contributed by atoms with Crippen LogP contribution in [0.2, 0.25) is 0 Å². The fraction of sp³-hybridized carbons (Fsp3) is 0.700. The molecule has 0 bridgehead atoms. The van der Waals surface area contributed by atoms with Crippen LogP contribution >= 0.6 is 0 Å². The number of hydrogen-bond donors (Lipinski definition) is 0. The van der Waals surface area contributed by atoms with Gasteiger partial charge in [0.15, 0.2) is 0 Å². The van der Waals surface area contributed by atoms with Crippen LogP contribution in [0.1, 0.15) is 26.2 Å². The smallest absolute Gasteiger partial charge is 0.330 e. The largest absolute Gasteiger partial charge is 0.460 e. The minimum absolute atomic E-state index is 0.316. The van der Waals surface area contributed by atoms with Gasteiger partial charge in [0, 0.05) is 12.7 Å². The summed E-state index contributed by atoms with van der Waals surface area (Å²) < 4.78 is 9.93. The van der Waals surface area contributed by atoms with Gasteiger partial charge in [-0.15, -0.1) is 0 Å². The average Bonchev–Trinajstić information content (AvgIpc) is 2.16. The van der Waals surface area contributed by atoms with Gasteiger partial charge in [-0.1, -0.05) is 26.3 Å². The Morgan fingerprint density at radius 2 is 2.08 bits per heavy atom. The third-order valence-electron chi connectivity index (χ3n) is 1.53. The molecule has 0 heterocycles. The molecule has 0 atom stereocenters. The Kier molecular flexibility index (Phi) is 8.67. The van der Waals surface area contributed by atoms with E-state index >= 15 is 0 Å². The normalized spacial score (nSPS) is 9.62. The molecule has 0 saturated carbocycles. The summed E-state index contributed by atoms with van der Waals surface area (Å²) in [5.41, 5.74) is 0. The predicted molar refractivity (Wildman–Crippen MR) is 51.5 cm³/mol. The van der Waals surface area contributed by atoms with Crippen LogP contribution in [0, 0.1) is 0 Å². The highest BCUT2D eigenvalue weighted by molar-refractivity contribution is 5.81. The van der Waals surface area contributed by atoms with Crippen molar-refractivity contribution in [1.82, 2.24) is 0 Å². The van der Waals surface area contributed by atoms with Crippen molar-refractivity contribution in [2.24, 2.45) is 0 Å². The van der Waals surface area contributed by atoms with Crippen molar-refractivity contribution in [2.45, 2.75) is 26.2 Å². The Morgan fingerprint density at radius 3 is 2.69 bits per heavy atom. The highest BCUT2D eigenvalue weighted by Crippen LogP contribution is 1.93. The minimum atomic E-state index is -0.392. The quantitative estimate of drug-likeness (QED) is 0.330. The van der Waals surface area contributed by atoms with E-state index < -0.39 is 5.97 Å². The molecular weight excluding hydrogens is 168 g/mol. The van der Waals surface area contributed by atoms with Crippen LogP contribution in [-0.4, -0.2) is 25.8 Å².